The molecule has 4 nitrogen and oxygen atoms in total. The molecule has 0 unspecified atom stereocenters. The van der Waals surface area contributed by atoms with Gasteiger partial charge >= 0.3 is 40.7 Å². The van der Waals surface area contributed by atoms with Gasteiger partial charge in [-0.05, 0) is 0 Å². The summed E-state index contributed by atoms with van der Waals surface area (Å²) >= 11 is -0.106. The Morgan fingerprint density at radius 2 is 2.08 bits per heavy atom. The van der Waals surface area contributed by atoms with Crippen molar-refractivity contribution in [3.05, 3.63) is 33.1 Å². The number of nitrogens with one attached hydrogen (secondary N) is 1. The van der Waals surface area contributed by atoms with Crippen LogP contribution in [0.1, 0.15) is 0 Å². The topological polar surface area (TPSA) is 54.9 Å². The van der Waals surface area contributed by atoms with Crippen LogP contribution in [-0.4, -0.2) is 9.55 Å². The van der Waals surface area contributed by atoms with Crippen molar-refractivity contribution >= 4 is 19.1 Å². The molecule has 0 aliphatic heterocycles. The molecule has 0 aromatic carbocycles. The van der Waals surface area contributed by atoms with Crippen LogP contribution in [0.25, 0.3) is 0 Å². The predicted molar refractivity (Wildman–Crippen MR) is 42.8 cm³/mol. The summed E-state index contributed by atoms with van der Waals surface area (Å²) in [5.74, 6) is 0. The molecule has 12 heavy (non-hydrogen) atoms. The van der Waals surface area contributed by atoms with E-state index in [1.807, 2.05) is 4.98 Å². The SMILES string of the molecule is Cn1c[c-]c(=O)[nH]c1=O.[Cl][Pd][Cl]. The van der Waals surface area contributed by atoms with Gasteiger partial charge in [0.1, 0.15) is 0 Å². The van der Waals surface area contributed by atoms with Crippen LogP contribution in [0.5, 0.6) is 0 Å². The molecule has 0 radical (unpaired) electrons. The van der Waals surface area contributed by atoms with Gasteiger partial charge in [-0.2, -0.15) is 6.20 Å². The molecule has 1 N–H and O–H groups in total. The molecule has 0 spiro atoms. The quantitative estimate of drug-likeness (QED) is 0.552. The molecule has 0 fully saturated rings. The zero-order chi connectivity index (χ0) is 9.56. The zero-order valence-corrected chi connectivity index (χ0v) is 8.98. The summed E-state index contributed by atoms with van der Waals surface area (Å²) in [5.41, 5.74) is -0.906. The second-order valence-corrected chi connectivity index (χ2v) is 4.05. The second kappa shape index (κ2) is 6.44. The molecule has 72 valence electrons. The van der Waals surface area contributed by atoms with Crippen molar-refractivity contribution in [2.75, 3.05) is 0 Å². The van der Waals surface area contributed by atoms with Crippen LogP contribution >= 0.6 is 19.1 Å². The standard InChI is InChI=1S/C5H5N2O2.2ClH.Pd/c1-7-3-2-4(8)6-5(7)9;;;/h3H,1H3,(H,6,8,9);2*1H;/q-1;;;+2/p-2. The summed E-state index contributed by atoms with van der Waals surface area (Å²) in [7, 11) is 11.2. The molecule has 1 heterocycles. The van der Waals surface area contributed by atoms with Crippen LogP contribution in [0.4, 0.5) is 0 Å². The van der Waals surface area contributed by atoms with Gasteiger partial charge < -0.3 is 20.4 Å². The number of nitrogens with zero attached hydrogens (tertiary/aromatic N) is 1. The number of rotatable bonds is 0. The Hall–Kier alpha value is -0.0777. The van der Waals surface area contributed by atoms with Crippen LogP contribution in [0.2, 0.25) is 0 Å². The van der Waals surface area contributed by atoms with Crippen molar-refractivity contribution in [1.82, 2.24) is 9.55 Å². The van der Waals surface area contributed by atoms with Crippen LogP contribution in [-0.2, 0) is 23.0 Å². The molecule has 0 saturated carbocycles. The van der Waals surface area contributed by atoms with Crippen LogP contribution < -0.4 is 11.2 Å². The fourth-order valence-electron chi connectivity index (χ4n) is 0.435. The minimum absolute atomic E-state index is 0.106. The molecule has 1 rings (SSSR count). The van der Waals surface area contributed by atoms with Gasteiger partial charge in [0.25, 0.3) is 0 Å². The van der Waals surface area contributed by atoms with E-state index in [1.54, 1.807) is 0 Å². The third-order valence-corrected chi connectivity index (χ3v) is 0.930. The van der Waals surface area contributed by atoms with Gasteiger partial charge in [-0.25, -0.2) is 4.79 Å². The van der Waals surface area contributed by atoms with Gasteiger partial charge in [0.2, 0.25) is 0 Å². The first-order valence-electron chi connectivity index (χ1n) is 2.61. The number of hydrogen-bond acceptors (Lipinski definition) is 2. The van der Waals surface area contributed by atoms with Crippen LogP contribution in [0, 0.1) is 6.07 Å². The number of halogens is 2. The van der Waals surface area contributed by atoms with E-state index < -0.39 is 11.2 Å². The van der Waals surface area contributed by atoms with Crippen LogP contribution in [0.3, 0.4) is 0 Å². The van der Waals surface area contributed by atoms with Gasteiger partial charge in [0.15, 0.2) is 0 Å². The normalized spacial score (nSPS) is 8.92. The van der Waals surface area contributed by atoms with E-state index in [4.69, 9.17) is 19.1 Å². The van der Waals surface area contributed by atoms with Gasteiger partial charge in [-0.15, -0.1) is 0 Å². The Morgan fingerprint density at radius 3 is 2.42 bits per heavy atom. The number of hydrogen-bond donors (Lipinski definition) is 1. The molecule has 7 heteroatoms. The third kappa shape index (κ3) is 4.73. The first-order valence-corrected chi connectivity index (χ1v) is 6.62. The zero-order valence-electron chi connectivity index (χ0n) is 5.91. The average Bonchev–Trinajstić information content (AvgIpc) is 1.99. The van der Waals surface area contributed by atoms with Gasteiger partial charge in [0, 0.05) is 7.05 Å². The van der Waals surface area contributed by atoms with E-state index in [0.717, 1.165) is 0 Å². The maximum atomic E-state index is 10.5. The Bertz CT molecular complexity index is 335. The molecule has 0 bridgehead atoms. The van der Waals surface area contributed by atoms with E-state index in [0.29, 0.717) is 0 Å². The summed E-state index contributed by atoms with van der Waals surface area (Å²) < 4.78 is 1.24. The van der Waals surface area contributed by atoms with E-state index in [1.165, 1.54) is 17.8 Å². The van der Waals surface area contributed by atoms with Gasteiger partial charge in [0.05, 0.1) is 5.56 Å². The van der Waals surface area contributed by atoms with Crippen LogP contribution in [0.15, 0.2) is 15.8 Å². The Morgan fingerprint density at radius 1 is 1.58 bits per heavy atom. The summed E-state index contributed by atoms with van der Waals surface area (Å²) in [4.78, 5) is 22.9. The fourth-order valence-corrected chi connectivity index (χ4v) is 0.435. The third-order valence-electron chi connectivity index (χ3n) is 0.930. The molecular weight excluding hydrogens is 297 g/mol. The Kier molecular flexibility index (Phi) is 6.40. The number of aryl methyl sites for hydroxylation is 1. The molecule has 0 atom stereocenters. The molecule has 1 aromatic rings. The number of H-pyrrole nitrogens is 1. The van der Waals surface area contributed by atoms with Gasteiger partial charge in [-0.3, -0.25) is 0 Å². The monoisotopic (exact) mass is 301 g/mol. The Labute approximate surface area is 84.6 Å². The Balaban J connectivity index is 0.000000354. The average molecular weight is 302 g/mol. The van der Waals surface area contributed by atoms with E-state index in [-0.39, 0.29) is 15.9 Å². The molecule has 0 aliphatic carbocycles. The van der Waals surface area contributed by atoms with Crippen molar-refractivity contribution < 1.29 is 15.9 Å². The number of aromatic nitrogens is 2. The predicted octanol–water partition coefficient (Wildman–Crippen LogP) is 0.250. The first-order chi connectivity index (χ1) is 5.61. The minimum atomic E-state index is -0.488. The van der Waals surface area contributed by atoms with E-state index in [9.17, 15) is 9.59 Å². The van der Waals surface area contributed by atoms with Gasteiger partial charge in [-0.1, -0.05) is 0 Å². The molecule has 0 amide bonds. The van der Waals surface area contributed by atoms with Crippen molar-refractivity contribution in [3.8, 4) is 0 Å². The van der Waals surface area contributed by atoms with Crippen molar-refractivity contribution in [3.63, 3.8) is 0 Å². The molecule has 1 aromatic heterocycles. The maximum absolute atomic E-state index is 10.5. The van der Waals surface area contributed by atoms with Crippen molar-refractivity contribution in [2.24, 2.45) is 7.05 Å². The summed E-state index contributed by atoms with van der Waals surface area (Å²) in [6.45, 7) is 0. The molecular formula is C5H5Cl2N2O2Pd-. The van der Waals surface area contributed by atoms with Crippen molar-refractivity contribution in [1.29, 1.82) is 0 Å². The second-order valence-electron chi connectivity index (χ2n) is 1.69. The summed E-state index contributed by atoms with van der Waals surface area (Å²) in [5, 5.41) is 0. The number of aromatic amines is 1. The molecule has 0 aliphatic rings. The van der Waals surface area contributed by atoms with E-state index >= 15 is 0 Å². The van der Waals surface area contributed by atoms with Crippen molar-refractivity contribution in [2.45, 2.75) is 0 Å². The fraction of sp³-hybridized carbons (Fsp3) is 0.200. The van der Waals surface area contributed by atoms with E-state index in [2.05, 4.69) is 6.07 Å². The first kappa shape index (κ1) is 11.9. The summed E-state index contributed by atoms with van der Waals surface area (Å²) in [6, 6.07) is 2.29. The summed E-state index contributed by atoms with van der Waals surface area (Å²) in [6.07, 6.45) is 1.29. The molecule has 0 saturated heterocycles.